The van der Waals surface area contributed by atoms with Gasteiger partial charge < -0.3 is 19.4 Å². The van der Waals surface area contributed by atoms with E-state index in [9.17, 15) is 9.18 Å². The molecule has 4 aromatic rings. The lowest BCUT2D eigenvalue weighted by atomic mass is 9.87. The predicted octanol–water partition coefficient (Wildman–Crippen LogP) is 5.50. The van der Waals surface area contributed by atoms with Crippen LogP contribution in [-0.4, -0.2) is 24.7 Å². The zero-order valence-corrected chi connectivity index (χ0v) is 18.3. The Morgan fingerprint density at radius 1 is 1.00 bits per heavy atom. The minimum absolute atomic E-state index is 0.170. The summed E-state index contributed by atoms with van der Waals surface area (Å²) < 4.78 is 26.2. The van der Waals surface area contributed by atoms with Crippen molar-refractivity contribution < 1.29 is 18.7 Å². The van der Waals surface area contributed by atoms with E-state index < -0.39 is 0 Å². The Hall–Kier alpha value is -3.80. The molecule has 1 heterocycles. The van der Waals surface area contributed by atoms with Gasteiger partial charge in [0.2, 0.25) is 5.91 Å². The van der Waals surface area contributed by atoms with Crippen molar-refractivity contribution in [3.63, 3.8) is 0 Å². The molecule has 4 rings (SSSR count). The van der Waals surface area contributed by atoms with Crippen LogP contribution in [0.5, 0.6) is 11.5 Å². The fraction of sp³-hybridized carbons (Fsp3) is 0.192. The molecule has 164 valence electrons. The summed E-state index contributed by atoms with van der Waals surface area (Å²) in [6.45, 7) is 0. The molecule has 32 heavy (non-hydrogen) atoms. The van der Waals surface area contributed by atoms with Crippen LogP contribution in [0, 0.1) is 5.82 Å². The van der Waals surface area contributed by atoms with Gasteiger partial charge in [0.1, 0.15) is 17.3 Å². The highest BCUT2D eigenvalue weighted by Gasteiger charge is 2.24. The number of anilines is 1. The summed E-state index contributed by atoms with van der Waals surface area (Å²) in [5.41, 5.74) is 3.58. The van der Waals surface area contributed by atoms with Crippen LogP contribution in [0.4, 0.5) is 10.1 Å². The van der Waals surface area contributed by atoms with Gasteiger partial charge in [-0.2, -0.15) is 0 Å². The van der Waals surface area contributed by atoms with Gasteiger partial charge in [-0.25, -0.2) is 4.39 Å². The van der Waals surface area contributed by atoms with Crippen molar-refractivity contribution in [1.82, 2.24) is 4.57 Å². The highest BCUT2D eigenvalue weighted by Crippen LogP contribution is 2.37. The number of hydrogen-bond donors (Lipinski definition) is 1. The normalized spacial score (nSPS) is 11.9. The number of aryl methyl sites for hydroxylation is 1. The smallest absolute Gasteiger partial charge is 0.225 e. The summed E-state index contributed by atoms with van der Waals surface area (Å²) in [4.78, 5) is 13.0. The second-order valence-electron chi connectivity index (χ2n) is 7.67. The third-order valence-electron chi connectivity index (χ3n) is 5.60. The minimum atomic E-state index is -0.347. The van der Waals surface area contributed by atoms with E-state index in [1.165, 1.54) is 12.1 Å². The standard InChI is InChI=1S/C26H25FN2O3/c1-29-16-24(22-6-4-5-7-25(22)29)23(17-12-20(31-2)14-21(13-17)32-3)15-26(30)28-19-10-8-18(27)9-11-19/h4-14,16,23H,15H2,1-3H3,(H,28,30). The number of para-hydroxylation sites is 1. The van der Waals surface area contributed by atoms with Crippen LogP contribution in [0.1, 0.15) is 23.5 Å². The molecule has 0 saturated heterocycles. The Bertz CT molecular complexity index is 1230. The van der Waals surface area contributed by atoms with E-state index in [0.29, 0.717) is 17.2 Å². The number of nitrogens with zero attached hydrogens (tertiary/aromatic N) is 1. The first-order chi connectivity index (χ1) is 15.5. The zero-order chi connectivity index (χ0) is 22.7. The van der Waals surface area contributed by atoms with E-state index in [-0.39, 0.29) is 24.1 Å². The number of rotatable bonds is 7. The second kappa shape index (κ2) is 9.14. The van der Waals surface area contributed by atoms with Gasteiger partial charge >= 0.3 is 0 Å². The maximum Gasteiger partial charge on any atom is 0.225 e. The van der Waals surface area contributed by atoms with Crippen LogP contribution in [0.3, 0.4) is 0 Å². The van der Waals surface area contributed by atoms with Crippen LogP contribution >= 0.6 is 0 Å². The first-order valence-corrected chi connectivity index (χ1v) is 10.3. The number of amides is 1. The summed E-state index contributed by atoms with van der Waals surface area (Å²) >= 11 is 0. The van der Waals surface area contributed by atoms with E-state index in [4.69, 9.17) is 9.47 Å². The van der Waals surface area contributed by atoms with Crippen LogP contribution in [0.2, 0.25) is 0 Å². The van der Waals surface area contributed by atoms with Gasteiger partial charge in [0.25, 0.3) is 0 Å². The Labute approximate surface area is 186 Å². The maximum absolute atomic E-state index is 13.2. The van der Waals surface area contributed by atoms with Crippen molar-refractivity contribution in [2.45, 2.75) is 12.3 Å². The van der Waals surface area contributed by atoms with E-state index >= 15 is 0 Å². The molecule has 0 fully saturated rings. The molecule has 3 aromatic carbocycles. The Kier molecular flexibility index (Phi) is 6.12. The number of hydrogen-bond acceptors (Lipinski definition) is 3. The van der Waals surface area contributed by atoms with Crippen LogP contribution in [0.15, 0.2) is 72.9 Å². The highest BCUT2D eigenvalue weighted by molar-refractivity contribution is 5.93. The molecule has 1 atom stereocenters. The quantitative estimate of drug-likeness (QED) is 0.420. The number of methoxy groups -OCH3 is 2. The minimum Gasteiger partial charge on any atom is -0.497 e. The summed E-state index contributed by atoms with van der Waals surface area (Å²) in [5.74, 6) is 0.550. The molecular formula is C26H25FN2O3. The van der Waals surface area contributed by atoms with Crippen LogP contribution < -0.4 is 14.8 Å². The average Bonchev–Trinajstić information content (AvgIpc) is 3.15. The number of ether oxygens (including phenoxy) is 2. The molecule has 0 spiro atoms. The zero-order valence-electron chi connectivity index (χ0n) is 18.3. The van der Waals surface area contributed by atoms with Gasteiger partial charge in [0, 0.05) is 48.2 Å². The molecular weight excluding hydrogens is 407 g/mol. The van der Waals surface area contributed by atoms with Crippen LogP contribution in [0.25, 0.3) is 10.9 Å². The lowest BCUT2D eigenvalue weighted by Gasteiger charge is -2.19. The predicted molar refractivity (Wildman–Crippen MR) is 124 cm³/mol. The fourth-order valence-electron chi connectivity index (χ4n) is 4.02. The summed E-state index contributed by atoms with van der Waals surface area (Å²) in [7, 11) is 5.20. The lowest BCUT2D eigenvalue weighted by molar-refractivity contribution is -0.116. The number of nitrogens with one attached hydrogen (secondary N) is 1. The van der Waals surface area contributed by atoms with Crippen molar-refractivity contribution in [2.75, 3.05) is 19.5 Å². The highest BCUT2D eigenvalue weighted by atomic mass is 19.1. The molecule has 0 radical (unpaired) electrons. The average molecular weight is 432 g/mol. The number of fused-ring (bicyclic) bond motifs is 1. The molecule has 5 nitrogen and oxygen atoms in total. The number of carbonyl (C=O) groups is 1. The molecule has 6 heteroatoms. The molecule has 1 N–H and O–H groups in total. The third-order valence-corrected chi connectivity index (χ3v) is 5.60. The van der Waals surface area contributed by atoms with Crippen molar-refractivity contribution >= 4 is 22.5 Å². The second-order valence-corrected chi connectivity index (χ2v) is 7.67. The van der Waals surface area contributed by atoms with Crippen LogP contribution in [-0.2, 0) is 11.8 Å². The first-order valence-electron chi connectivity index (χ1n) is 10.3. The largest absolute Gasteiger partial charge is 0.497 e. The fourth-order valence-corrected chi connectivity index (χ4v) is 4.02. The Balaban J connectivity index is 1.76. The SMILES string of the molecule is COc1cc(OC)cc(C(CC(=O)Nc2ccc(F)cc2)c2cn(C)c3ccccc23)c1. The van der Waals surface area contributed by atoms with Gasteiger partial charge in [0.15, 0.2) is 0 Å². The lowest BCUT2D eigenvalue weighted by Crippen LogP contribution is -2.16. The van der Waals surface area contributed by atoms with Crippen molar-refractivity contribution in [2.24, 2.45) is 7.05 Å². The van der Waals surface area contributed by atoms with Gasteiger partial charge in [-0.05, 0) is 53.6 Å². The third kappa shape index (κ3) is 4.44. The van der Waals surface area contributed by atoms with E-state index in [1.54, 1.807) is 26.4 Å². The van der Waals surface area contributed by atoms with E-state index in [1.807, 2.05) is 37.4 Å². The van der Waals surface area contributed by atoms with Gasteiger partial charge in [-0.1, -0.05) is 18.2 Å². The van der Waals surface area contributed by atoms with E-state index in [0.717, 1.165) is 22.0 Å². The molecule has 0 aliphatic carbocycles. The summed E-state index contributed by atoms with van der Waals surface area (Å²) in [6.07, 6.45) is 2.26. The van der Waals surface area contributed by atoms with Gasteiger partial charge in [0.05, 0.1) is 14.2 Å². The Morgan fingerprint density at radius 2 is 1.66 bits per heavy atom. The molecule has 1 amide bonds. The molecule has 1 unspecified atom stereocenters. The van der Waals surface area contributed by atoms with E-state index in [2.05, 4.69) is 28.2 Å². The van der Waals surface area contributed by atoms with Gasteiger partial charge in [-0.3, -0.25) is 4.79 Å². The monoisotopic (exact) mass is 432 g/mol. The van der Waals surface area contributed by atoms with Crippen molar-refractivity contribution in [3.8, 4) is 11.5 Å². The number of aromatic nitrogens is 1. The summed E-state index contributed by atoms with van der Waals surface area (Å²) in [5, 5.41) is 3.96. The summed E-state index contributed by atoms with van der Waals surface area (Å²) in [6, 6.07) is 19.5. The maximum atomic E-state index is 13.2. The van der Waals surface area contributed by atoms with Gasteiger partial charge in [-0.15, -0.1) is 0 Å². The molecule has 1 aromatic heterocycles. The number of carbonyl (C=O) groups excluding carboxylic acids is 1. The number of benzene rings is 3. The van der Waals surface area contributed by atoms with Crippen molar-refractivity contribution in [3.05, 3.63) is 89.9 Å². The molecule has 0 bridgehead atoms. The first kappa shape index (κ1) is 21.4. The molecule has 0 aliphatic heterocycles. The Morgan fingerprint density at radius 3 is 2.31 bits per heavy atom. The topological polar surface area (TPSA) is 52.5 Å². The molecule has 0 saturated carbocycles. The number of halogens is 1. The van der Waals surface area contributed by atoms with Crippen molar-refractivity contribution in [1.29, 1.82) is 0 Å². The molecule has 0 aliphatic rings.